The second-order valence-electron chi connectivity index (χ2n) is 10.8. The van der Waals surface area contributed by atoms with Gasteiger partial charge in [-0.2, -0.15) is 0 Å². The van der Waals surface area contributed by atoms with Crippen LogP contribution in [0.2, 0.25) is 0 Å². The molecule has 0 fully saturated rings. The first kappa shape index (κ1) is 29.2. The van der Waals surface area contributed by atoms with Gasteiger partial charge in [-0.25, -0.2) is 12.8 Å². The van der Waals surface area contributed by atoms with Crippen molar-refractivity contribution < 1.29 is 26.8 Å². The van der Waals surface area contributed by atoms with Crippen LogP contribution >= 0.6 is 0 Å². The van der Waals surface area contributed by atoms with Gasteiger partial charge < -0.3 is 20.0 Å². The molecule has 9 nitrogen and oxygen atoms in total. The molecule has 0 bridgehead atoms. The van der Waals surface area contributed by atoms with Crippen LogP contribution in [0.4, 0.5) is 10.1 Å². The molecule has 0 saturated heterocycles. The van der Waals surface area contributed by atoms with Crippen molar-refractivity contribution in [2.24, 2.45) is 0 Å². The molecule has 44 heavy (non-hydrogen) atoms. The molecule has 6 rings (SSSR count). The number of halogens is 1. The van der Waals surface area contributed by atoms with E-state index in [1.807, 2.05) is 31.2 Å². The molecular weight excluding hydrogens is 583 g/mol. The lowest BCUT2D eigenvalue weighted by Gasteiger charge is -2.22. The molecule has 3 aromatic carbocycles. The summed E-state index contributed by atoms with van der Waals surface area (Å²) in [4.78, 5) is 29.1. The van der Waals surface area contributed by atoms with E-state index in [-0.39, 0.29) is 17.2 Å². The van der Waals surface area contributed by atoms with Gasteiger partial charge in [0.2, 0.25) is 10.0 Å². The molecule has 0 aliphatic carbocycles. The van der Waals surface area contributed by atoms with E-state index >= 15 is 0 Å². The average molecular weight is 615 g/mol. The number of amides is 2. The van der Waals surface area contributed by atoms with E-state index < -0.39 is 21.7 Å². The minimum Gasteiger partial charge on any atom is -0.455 e. The second-order valence-corrected chi connectivity index (χ2v) is 12.8. The molecule has 0 spiro atoms. The van der Waals surface area contributed by atoms with Crippen molar-refractivity contribution >= 4 is 38.5 Å². The van der Waals surface area contributed by atoms with Gasteiger partial charge in [0.15, 0.2) is 0 Å². The highest BCUT2D eigenvalue weighted by molar-refractivity contribution is 7.92. The maximum atomic E-state index is 13.7. The van der Waals surface area contributed by atoms with Gasteiger partial charge in [-0.3, -0.25) is 13.9 Å². The van der Waals surface area contributed by atoms with Crippen LogP contribution in [0.3, 0.4) is 0 Å². The Bertz CT molecular complexity index is 2060. The number of carbonyl (C=O) groups is 2. The molecule has 2 aromatic heterocycles. The summed E-state index contributed by atoms with van der Waals surface area (Å²) in [7, 11) is -0.726. The third kappa shape index (κ3) is 5.02. The molecule has 1 aliphatic heterocycles. The summed E-state index contributed by atoms with van der Waals surface area (Å²) in [5, 5.41) is 6.01. The smallest absolute Gasteiger partial charge is 0.255 e. The molecular formula is C33H31FN4O5S. The Kier molecular flexibility index (Phi) is 7.28. The molecule has 226 valence electrons. The normalized spacial score (nSPS) is 13.1. The first-order chi connectivity index (χ1) is 21.0. The third-order valence-corrected chi connectivity index (χ3v) is 9.29. The predicted molar refractivity (Wildman–Crippen MR) is 169 cm³/mol. The highest BCUT2D eigenvalue weighted by Gasteiger charge is 2.27. The summed E-state index contributed by atoms with van der Waals surface area (Å²) in [6.07, 6.45) is 2.46. The van der Waals surface area contributed by atoms with Crippen LogP contribution in [-0.4, -0.2) is 52.1 Å². The lowest BCUT2D eigenvalue weighted by atomic mass is 9.92. The number of furan rings is 1. The summed E-state index contributed by atoms with van der Waals surface area (Å²) < 4.78 is 46.9. The minimum atomic E-state index is -3.71. The predicted octanol–water partition coefficient (Wildman–Crippen LogP) is 5.50. The van der Waals surface area contributed by atoms with Crippen molar-refractivity contribution in [1.82, 2.24) is 15.6 Å². The molecule has 11 heteroatoms. The fourth-order valence-electron chi connectivity index (χ4n) is 5.69. The molecule has 0 atom stereocenters. The largest absolute Gasteiger partial charge is 0.455 e. The lowest BCUT2D eigenvalue weighted by Crippen LogP contribution is -2.31. The van der Waals surface area contributed by atoms with Crippen molar-refractivity contribution in [1.29, 1.82) is 0 Å². The summed E-state index contributed by atoms with van der Waals surface area (Å²) in [5.74, 6) is -0.719. The number of anilines is 1. The fourth-order valence-corrected chi connectivity index (χ4v) is 6.20. The highest BCUT2D eigenvalue weighted by atomic mass is 32.2. The monoisotopic (exact) mass is 614 g/mol. The number of aromatic amines is 1. The zero-order chi connectivity index (χ0) is 31.3. The van der Waals surface area contributed by atoms with Crippen LogP contribution in [0.15, 0.2) is 65.1 Å². The van der Waals surface area contributed by atoms with Gasteiger partial charge in [-0.1, -0.05) is 19.1 Å². The molecule has 5 aromatic rings. The second kappa shape index (κ2) is 11.0. The number of fused-ring (bicyclic) bond motifs is 2. The summed E-state index contributed by atoms with van der Waals surface area (Å²) in [5.41, 5.74) is 6.76. The number of hydrogen-bond acceptors (Lipinski definition) is 5. The van der Waals surface area contributed by atoms with Crippen molar-refractivity contribution in [2.45, 2.75) is 19.8 Å². The Morgan fingerprint density at radius 1 is 1.02 bits per heavy atom. The van der Waals surface area contributed by atoms with E-state index in [1.54, 1.807) is 12.1 Å². The van der Waals surface area contributed by atoms with E-state index in [9.17, 15) is 22.4 Å². The number of nitrogens with zero attached hydrogens (tertiary/aromatic N) is 1. The Balaban J connectivity index is 1.63. The number of benzene rings is 3. The Morgan fingerprint density at radius 2 is 1.75 bits per heavy atom. The van der Waals surface area contributed by atoms with Crippen LogP contribution in [0.5, 0.6) is 0 Å². The average Bonchev–Trinajstić information content (AvgIpc) is 3.62. The standard InChI is InChI=1S/C33H31FN4O5S/c1-5-18-6-7-20(27-16-24-26(37-27)12-13-36-32(24)39)14-22(18)23-15-25-29(17-28(23)38(3)44(4,41)42)43-31(30(25)33(40)35-2)19-8-10-21(34)11-9-19/h6-11,14-17,37H,5,12-13H2,1-4H3,(H,35,40)(H,36,39). The van der Waals surface area contributed by atoms with Crippen LogP contribution in [0, 0.1) is 5.82 Å². The first-order valence-corrected chi connectivity index (χ1v) is 16.0. The van der Waals surface area contributed by atoms with Gasteiger partial charge in [0, 0.05) is 61.0 Å². The highest BCUT2D eigenvalue weighted by Crippen LogP contribution is 2.43. The number of H-pyrrole nitrogens is 1. The van der Waals surface area contributed by atoms with Crippen molar-refractivity contribution in [3.63, 3.8) is 0 Å². The van der Waals surface area contributed by atoms with E-state index in [0.29, 0.717) is 52.7 Å². The summed E-state index contributed by atoms with van der Waals surface area (Å²) >= 11 is 0. The van der Waals surface area contributed by atoms with E-state index in [1.165, 1.54) is 42.7 Å². The maximum absolute atomic E-state index is 13.7. The maximum Gasteiger partial charge on any atom is 0.255 e. The Labute approximate surface area is 254 Å². The van der Waals surface area contributed by atoms with Crippen LogP contribution < -0.4 is 14.9 Å². The van der Waals surface area contributed by atoms with E-state index in [2.05, 4.69) is 15.6 Å². The molecule has 0 radical (unpaired) electrons. The molecule has 0 unspecified atom stereocenters. The van der Waals surface area contributed by atoms with Gasteiger partial charge >= 0.3 is 0 Å². The van der Waals surface area contributed by atoms with Crippen molar-refractivity contribution in [3.05, 3.63) is 88.9 Å². The van der Waals surface area contributed by atoms with Gasteiger partial charge in [-0.15, -0.1) is 0 Å². The summed E-state index contributed by atoms with van der Waals surface area (Å²) in [6.45, 7) is 2.57. The number of sulfonamides is 1. The lowest BCUT2D eigenvalue weighted by molar-refractivity contribution is 0.0943. The summed E-state index contributed by atoms with van der Waals surface area (Å²) in [6, 6.07) is 16.8. The van der Waals surface area contributed by atoms with Gasteiger partial charge in [0.05, 0.1) is 23.1 Å². The van der Waals surface area contributed by atoms with E-state index in [0.717, 1.165) is 34.3 Å². The minimum absolute atomic E-state index is 0.125. The fraction of sp³-hybridized carbons (Fsp3) is 0.212. The van der Waals surface area contributed by atoms with Gasteiger partial charge in [0.25, 0.3) is 11.8 Å². The quantitative estimate of drug-likeness (QED) is 0.223. The number of carbonyl (C=O) groups excluding carboxylic acids is 2. The molecule has 3 heterocycles. The third-order valence-electron chi connectivity index (χ3n) is 8.10. The van der Waals surface area contributed by atoms with Crippen molar-refractivity contribution in [3.8, 4) is 33.7 Å². The molecule has 3 N–H and O–H groups in total. The molecule has 1 aliphatic rings. The number of aromatic nitrogens is 1. The van der Waals surface area contributed by atoms with Crippen molar-refractivity contribution in [2.75, 3.05) is 31.2 Å². The molecule has 2 amide bonds. The zero-order valence-corrected chi connectivity index (χ0v) is 25.5. The van der Waals surface area contributed by atoms with E-state index in [4.69, 9.17) is 4.42 Å². The number of aryl methyl sites for hydroxylation is 1. The van der Waals surface area contributed by atoms with Gasteiger partial charge in [-0.05, 0) is 65.6 Å². The number of hydrogen-bond donors (Lipinski definition) is 3. The Morgan fingerprint density at radius 3 is 2.41 bits per heavy atom. The SMILES string of the molecule is CCc1ccc(-c2cc3c([nH]2)CCNC3=O)cc1-c1cc2c(C(=O)NC)c(-c3ccc(F)cc3)oc2cc1N(C)S(C)(=O)=O. The van der Waals surface area contributed by atoms with Crippen LogP contribution in [0.1, 0.15) is 38.9 Å². The Hall–Kier alpha value is -4.90. The molecule has 0 saturated carbocycles. The first-order valence-electron chi connectivity index (χ1n) is 14.2. The topological polar surface area (TPSA) is 125 Å². The zero-order valence-electron chi connectivity index (χ0n) is 24.7. The van der Waals surface area contributed by atoms with Crippen LogP contribution in [-0.2, 0) is 22.9 Å². The van der Waals surface area contributed by atoms with Gasteiger partial charge in [0.1, 0.15) is 17.2 Å². The number of rotatable bonds is 7. The van der Waals surface area contributed by atoms with Crippen LogP contribution in [0.25, 0.3) is 44.7 Å². The number of nitrogens with one attached hydrogen (secondary N) is 3.